The fourth-order valence-corrected chi connectivity index (χ4v) is 8.63. The van der Waals surface area contributed by atoms with E-state index in [9.17, 15) is 4.79 Å². The summed E-state index contributed by atoms with van der Waals surface area (Å²) in [5, 5.41) is 0. The van der Waals surface area contributed by atoms with Crippen molar-refractivity contribution in [3.63, 3.8) is 0 Å². The second-order valence-corrected chi connectivity index (χ2v) is 11.0. The highest BCUT2D eigenvalue weighted by Crippen LogP contribution is 2.68. The predicted molar refractivity (Wildman–Crippen MR) is 110 cm³/mol. The van der Waals surface area contributed by atoms with Gasteiger partial charge in [-0.2, -0.15) is 0 Å². The Morgan fingerprint density at radius 3 is 2.44 bits per heavy atom. The van der Waals surface area contributed by atoms with Gasteiger partial charge in [-0.05, 0) is 104 Å². The van der Waals surface area contributed by atoms with Crippen molar-refractivity contribution >= 4 is 5.97 Å². The second kappa shape index (κ2) is 6.92. The first-order chi connectivity index (χ1) is 12.8. The Morgan fingerprint density at radius 2 is 1.74 bits per heavy atom. The summed E-state index contributed by atoms with van der Waals surface area (Å²) in [6.45, 7) is 13.3. The molecular weight excluding hydrogens is 332 g/mol. The van der Waals surface area contributed by atoms with Crippen LogP contribution >= 0.6 is 0 Å². The van der Waals surface area contributed by atoms with Crippen molar-refractivity contribution in [1.82, 2.24) is 0 Å². The fourth-order valence-electron chi connectivity index (χ4n) is 8.63. The first-order valence-electron chi connectivity index (χ1n) is 11.6. The van der Waals surface area contributed by atoms with Crippen molar-refractivity contribution in [1.29, 1.82) is 0 Å². The molecule has 27 heavy (non-hydrogen) atoms. The summed E-state index contributed by atoms with van der Waals surface area (Å²) in [5.41, 5.74) is 1.01. The molecular formula is C25H40O2. The molecule has 152 valence electrons. The fraction of sp³-hybridized carbons (Fsp3) is 0.880. The van der Waals surface area contributed by atoms with E-state index in [1.807, 2.05) is 0 Å². The van der Waals surface area contributed by atoms with Crippen LogP contribution in [0.2, 0.25) is 0 Å². The molecule has 0 amide bonds. The second-order valence-electron chi connectivity index (χ2n) is 11.0. The minimum atomic E-state index is -0.0981. The summed E-state index contributed by atoms with van der Waals surface area (Å²) >= 11 is 0. The summed E-state index contributed by atoms with van der Waals surface area (Å²) in [6, 6.07) is 0. The zero-order valence-corrected chi connectivity index (χ0v) is 18.0. The standard InChI is InChI=1S/C25H40O2/c1-6-16(2)21-9-10-22-20-8-7-18-15-19(27-17(3)26)11-13-24(18,4)23(20)12-14-25(21,22)5/h6,16,18-23H,1,7-15H2,2-5H3. The lowest BCUT2D eigenvalue weighted by molar-refractivity contribution is -0.160. The summed E-state index contributed by atoms with van der Waals surface area (Å²) in [7, 11) is 0. The molecule has 0 saturated heterocycles. The zero-order chi connectivity index (χ0) is 19.4. The lowest BCUT2D eigenvalue weighted by atomic mass is 9.44. The largest absolute Gasteiger partial charge is 0.463 e. The average Bonchev–Trinajstić information content (AvgIpc) is 2.98. The minimum absolute atomic E-state index is 0.0981. The summed E-state index contributed by atoms with van der Waals surface area (Å²) < 4.78 is 5.61. The number of fused-ring (bicyclic) bond motifs is 5. The van der Waals surface area contributed by atoms with Gasteiger partial charge >= 0.3 is 5.97 Å². The van der Waals surface area contributed by atoms with Crippen molar-refractivity contribution < 1.29 is 9.53 Å². The highest BCUT2D eigenvalue weighted by Gasteiger charge is 2.60. The van der Waals surface area contributed by atoms with Gasteiger partial charge in [-0.25, -0.2) is 0 Å². The molecule has 0 N–H and O–H groups in total. The Labute approximate surface area is 166 Å². The van der Waals surface area contributed by atoms with Crippen molar-refractivity contribution in [3.8, 4) is 0 Å². The topological polar surface area (TPSA) is 26.3 Å². The molecule has 0 bridgehead atoms. The Bertz CT molecular complexity index is 597. The number of esters is 1. The van der Waals surface area contributed by atoms with Crippen LogP contribution in [0.15, 0.2) is 12.7 Å². The molecule has 0 aromatic rings. The van der Waals surface area contributed by atoms with Gasteiger partial charge in [0.1, 0.15) is 6.10 Å². The van der Waals surface area contributed by atoms with Crippen LogP contribution in [0.5, 0.6) is 0 Å². The Hall–Kier alpha value is -0.790. The van der Waals surface area contributed by atoms with Gasteiger partial charge < -0.3 is 4.74 Å². The number of hydrogen-bond acceptors (Lipinski definition) is 2. The maximum atomic E-state index is 11.4. The van der Waals surface area contributed by atoms with Gasteiger partial charge in [-0.1, -0.05) is 26.8 Å². The molecule has 9 unspecified atom stereocenters. The van der Waals surface area contributed by atoms with Crippen molar-refractivity contribution in [2.75, 3.05) is 0 Å². The normalized spacial score (nSPS) is 50.1. The predicted octanol–water partition coefficient (Wildman–Crippen LogP) is 6.40. The number of hydrogen-bond donors (Lipinski definition) is 0. The lowest BCUT2D eigenvalue weighted by Gasteiger charge is -2.61. The number of allylic oxidation sites excluding steroid dienone is 1. The van der Waals surface area contributed by atoms with Gasteiger partial charge in [0, 0.05) is 6.92 Å². The highest BCUT2D eigenvalue weighted by atomic mass is 16.5. The van der Waals surface area contributed by atoms with Crippen LogP contribution in [0, 0.1) is 46.3 Å². The smallest absolute Gasteiger partial charge is 0.302 e. The summed E-state index contributed by atoms with van der Waals surface area (Å²) in [5.74, 6) is 4.90. The molecule has 2 heteroatoms. The van der Waals surface area contributed by atoms with Crippen LogP contribution in [-0.2, 0) is 9.53 Å². The van der Waals surface area contributed by atoms with E-state index in [1.165, 1.54) is 44.9 Å². The van der Waals surface area contributed by atoms with E-state index in [-0.39, 0.29) is 12.1 Å². The SMILES string of the molecule is C=CC(C)C1CCC2C3CCC4CC(OC(C)=O)CCC4(C)C3CCC12C. The van der Waals surface area contributed by atoms with Crippen LogP contribution < -0.4 is 0 Å². The lowest BCUT2D eigenvalue weighted by Crippen LogP contribution is -2.54. The van der Waals surface area contributed by atoms with Crippen molar-refractivity contribution in [2.45, 2.75) is 91.6 Å². The molecule has 4 fully saturated rings. The third-order valence-corrected chi connectivity index (χ3v) is 10.0. The average molecular weight is 373 g/mol. The van der Waals surface area contributed by atoms with Gasteiger partial charge in [0.05, 0.1) is 0 Å². The summed E-state index contributed by atoms with van der Waals surface area (Å²) in [4.78, 5) is 11.4. The maximum Gasteiger partial charge on any atom is 0.302 e. The molecule has 4 aliphatic rings. The Morgan fingerprint density at radius 1 is 1.04 bits per heavy atom. The molecule has 0 spiro atoms. The maximum absolute atomic E-state index is 11.4. The van der Waals surface area contributed by atoms with Crippen LogP contribution in [0.4, 0.5) is 0 Å². The van der Waals surface area contributed by atoms with Gasteiger partial charge in [0.15, 0.2) is 0 Å². The number of carbonyl (C=O) groups excluding carboxylic acids is 1. The van der Waals surface area contributed by atoms with E-state index >= 15 is 0 Å². The van der Waals surface area contributed by atoms with Crippen LogP contribution in [0.25, 0.3) is 0 Å². The van der Waals surface area contributed by atoms with Crippen LogP contribution in [-0.4, -0.2) is 12.1 Å². The van der Waals surface area contributed by atoms with Gasteiger partial charge in [0.25, 0.3) is 0 Å². The van der Waals surface area contributed by atoms with Gasteiger partial charge in [-0.15, -0.1) is 6.58 Å². The zero-order valence-electron chi connectivity index (χ0n) is 18.0. The highest BCUT2D eigenvalue weighted by molar-refractivity contribution is 5.66. The molecule has 0 aromatic carbocycles. The van der Waals surface area contributed by atoms with E-state index in [0.29, 0.717) is 16.7 Å². The van der Waals surface area contributed by atoms with Crippen molar-refractivity contribution in [3.05, 3.63) is 12.7 Å². The molecule has 2 nitrogen and oxygen atoms in total. The molecule has 9 atom stereocenters. The van der Waals surface area contributed by atoms with E-state index < -0.39 is 0 Å². The first-order valence-corrected chi connectivity index (χ1v) is 11.6. The van der Waals surface area contributed by atoms with E-state index in [4.69, 9.17) is 4.74 Å². The van der Waals surface area contributed by atoms with E-state index in [2.05, 4.69) is 33.4 Å². The van der Waals surface area contributed by atoms with E-state index in [0.717, 1.165) is 42.4 Å². The molecule has 0 aromatic heterocycles. The molecule has 0 heterocycles. The third kappa shape index (κ3) is 3.01. The Balaban J connectivity index is 1.53. The quantitative estimate of drug-likeness (QED) is 0.423. The number of carbonyl (C=O) groups is 1. The molecule has 4 saturated carbocycles. The van der Waals surface area contributed by atoms with Gasteiger partial charge in [-0.3, -0.25) is 4.79 Å². The minimum Gasteiger partial charge on any atom is -0.463 e. The number of rotatable bonds is 3. The van der Waals surface area contributed by atoms with Gasteiger partial charge in [0.2, 0.25) is 0 Å². The molecule has 4 rings (SSSR count). The monoisotopic (exact) mass is 372 g/mol. The van der Waals surface area contributed by atoms with E-state index in [1.54, 1.807) is 6.92 Å². The molecule has 0 aliphatic heterocycles. The molecule has 0 radical (unpaired) electrons. The molecule has 4 aliphatic carbocycles. The van der Waals surface area contributed by atoms with Crippen LogP contribution in [0.3, 0.4) is 0 Å². The van der Waals surface area contributed by atoms with Crippen molar-refractivity contribution in [2.24, 2.45) is 46.3 Å². The summed E-state index contributed by atoms with van der Waals surface area (Å²) in [6.07, 6.45) is 14.3. The number of ether oxygens (including phenoxy) is 1. The third-order valence-electron chi connectivity index (χ3n) is 10.0. The first kappa shape index (κ1) is 19.5. The Kier molecular flexibility index (Phi) is 5.00. The van der Waals surface area contributed by atoms with Crippen LogP contribution in [0.1, 0.15) is 85.5 Å².